The van der Waals surface area contributed by atoms with E-state index in [1.807, 2.05) is 4.90 Å². The maximum Gasteiger partial charge on any atom is 0.226 e. The van der Waals surface area contributed by atoms with Crippen molar-refractivity contribution < 1.29 is 4.79 Å². The summed E-state index contributed by atoms with van der Waals surface area (Å²) < 4.78 is 0. The summed E-state index contributed by atoms with van der Waals surface area (Å²) in [6.07, 6.45) is 5.08. The molecule has 1 aliphatic rings. The van der Waals surface area contributed by atoms with Crippen molar-refractivity contribution in [2.45, 2.75) is 12.8 Å². The Bertz CT molecular complexity index is 421. The SMILES string of the molecule is CN(C)C(=O)C1CCCN(c2ncc(Cl)cn2)C1. The Morgan fingerprint density at radius 3 is 2.72 bits per heavy atom. The summed E-state index contributed by atoms with van der Waals surface area (Å²) in [5.74, 6) is 0.859. The number of carbonyl (C=O) groups is 1. The number of anilines is 1. The van der Waals surface area contributed by atoms with Crippen LogP contribution in [0.2, 0.25) is 5.02 Å². The average molecular weight is 269 g/mol. The molecule has 0 radical (unpaired) electrons. The van der Waals surface area contributed by atoms with Crippen LogP contribution in [0.1, 0.15) is 12.8 Å². The number of amides is 1. The van der Waals surface area contributed by atoms with Crippen molar-refractivity contribution in [3.63, 3.8) is 0 Å². The summed E-state index contributed by atoms with van der Waals surface area (Å²) in [5.41, 5.74) is 0. The Hall–Kier alpha value is -1.36. The van der Waals surface area contributed by atoms with E-state index >= 15 is 0 Å². The molecule has 1 aliphatic heterocycles. The van der Waals surface area contributed by atoms with E-state index in [9.17, 15) is 4.79 Å². The van der Waals surface area contributed by atoms with Crippen LogP contribution in [0.15, 0.2) is 12.4 Å². The second kappa shape index (κ2) is 5.52. The standard InChI is InChI=1S/C12H17ClN4O/c1-16(2)11(18)9-4-3-5-17(8-9)12-14-6-10(13)7-15-12/h6-7,9H,3-5,8H2,1-2H3. The zero-order valence-electron chi connectivity index (χ0n) is 10.6. The summed E-state index contributed by atoms with van der Waals surface area (Å²) in [6.45, 7) is 1.57. The molecule has 5 nitrogen and oxygen atoms in total. The monoisotopic (exact) mass is 268 g/mol. The Balaban J connectivity index is 2.07. The van der Waals surface area contributed by atoms with Gasteiger partial charge in [-0.25, -0.2) is 9.97 Å². The number of carbonyl (C=O) groups excluding carboxylic acids is 1. The van der Waals surface area contributed by atoms with Crippen LogP contribution in [0.25, 0.3) is 0 Å². The van der Waals surface area contributed by atoms with Gasteiger partial charge in [0.15, 0.2) is 0 Å². The van der Waals surface area contributed by atoms with E-state index in [2.05, 4.69) is 9.97 Å². The fraction of sp³-hybridized carbons (Fsp3) is 0.583. The van der Waals surface area contributed by atoms with E-state index in [1.54, 1.807) is 31.4 Å². The summed E-state index contributed by atoms with van der Waals surface area (Å²) in [5, 5.41) is 0.525. The molecule has 6 heteroatoms. The van der Waals surface area contributed by atoms with Crippen LogP contribution in [0, 0.1) is 5.92 Å². The van der Waals surface area contributed by atoms with Gasteiger partial charge < -0.3 is 9.80 Å². The summed E-state index contributed by atoms with van der Waals surface area (Å²) in [7, 11) is 3.58. The fourth-order valence-electron chi connectivity index (χ4n) is 2.19. The van der Waals surface area contributed by atoms with Gasteiger partial charge >= 0.3 is 0 Å². The zero-order valence-corrected chi connectivity index (χ0v) is 11.4. The molecule has 1 aromatic heterocycles. The van der Waals surface area contributed by atoms with Gasteiger partial charge in [0.05, 0.1) is 23.3 Å². The molecule has 0 aliphatic carbocycles. The van der Waals surface area contributed by atoms with Gasteiger partial charge in [-0.15, -0.1) is 0 Å². The minimum Gasteiger partial charge on any atom is -0.349 e. The van der Waals surface area contributed by atoms with Gasteiger partial charge in [-0.3, -0.25) is 4.79 Å². The average Bonchev–Trinajstić information content (AvgIpc) is 2.38. The Labute approximate surface area is 112 Å². The molecule has 1 atom stereocenters. The van der Waals surface area contributed by atoms with Gasteiger partial charge in [0.25, 0.3) is 0 Å². The van der Waals surface area contributed by atoms with E-state index in [4.69, 9.17) is 11.6 Å². The minimum atomic E-state index is 0.0352. The van der Waals surface area contributed by atoms with Crippen LogP contribution in [-0.2, 0) is 4.79 Å². The molecule has 2 heterocycles. The van der Waals surface area contributed by atoms with Crippen LogP contribution < -0.4 is 4.90 Å². The zero-order chi connectivity index (χ0) is 13.1. The van der Waals surface area contributed by atoms with Gasteiger partial charge in [-0.05, 0) is 12.8 Å². The first-order valence-electron chi connectivity index (χ1n) is 6.01. The molecule has 18 heavy (non-hydrogen) atoms. The first-order chi connectivity index (χ1) is 8.58. The highest BCUT2D eigenvalue weighted by molar-refractivity contribution is 6.30. The molecular weight excluding hydrogens is 252 g/mol. The second-order valence-electron chi connectivity index (χ2n) is 4.72. The highest BCUT2D eigenvalue weighted by atomic mass is 35.5. The maximum absolute atomic E-state index is 12.0. The molecule has 1 fully saturated rings. The molecule has 0 aromatic carbocycles. The lowest BCUT2D eigenvalue weighted by atomic mass is 9.97. The molecule has 0 bridgehead atoms. The third-order valence-corrected chi connectivity index (χ3v) is 3.30. The van der Waals surface area contributed by atoms with Crippen molar-refractivity contribution in [1.82, 2.24) is 14.9 Å². The van der Waals surface area contributed by atoms with Crippen LogP contribution in [-0.4, -0.2) is 48.0 Å². The molecule has 2 rings (SSSR count). The van der Waals surface area contributed by atoms with Crippen LogP contribution in [0.4, 0.5) is 5.95 Å². The van der Waals surface area contributed by atoms with E-state index in [1.165, 1.54) is 0 Å². The number of halogens is 1. The molecule has 1 saturated heterocycles. The van der Waals surface area contributed by atoms with E-state index in [0.29, 0.717) is 17.5 Å². The maximum atomic E-state index is 12.0. The fourth-order valence-corrected chi connectivity index (χ4v) is 2.29. The summed E-state index contributed by atoms with van der Waals surface area (Å²) in [4.78, 5) is 24.1. The van der Waals surface area contributed by atoms with Crippen LogP contribution in [0.3, 0.4) is 0 Å². The molecule has 1 unspecified atom stereocenters. The van der Waals surface area contributed by atoms with Gasteiger partial charge in [-0.1, -0.05) is 11.6 Å². The Morgan fingerprint density at radius 1 is 1.44 bits per heavy atom. The molecule has 1 aromatic rings. The molecule has 0 spiro atoms. The first kappa shape index (κ1) is 13.1. The predicted molar refractivity (Wildman–Crippen MR) is 70.7 cm³/mol. The molecular formula is C12H17ClN4O. The minimum absolute atomic E-state index is 0.0352. The topological polar surface area (TPSA) is 49.3 Å². The van der Waals surface area contributed by atoms with Crippen molar-refractivity contribution in [1.29, 1.82) is 0 Å². The molecule has 0 N–H and O–H groups in total. The Morgan fingerprint density at radius 2 is 2.11 bits per heavy atom. The number of rotatable bonds is 2. The largest absolute Gasteiger partial charge is 0.349 e. The lowest BCUT2D eigenvalue weighted by molar-refractivity contribution is -0.133. The van der Waals surface area contributed by atoms with Crippen LogP contribution in [0.5, 0.6) is 0 Å². The van der Waals surface area contributed by atoms with Crippen molar-refractivity contribution in [3.8, 4) is 0 Å². The van der Waals surface area contributed by atoms with E-state index in [-0.39, 0.29) is 11.8 Å². The number of aromatic nitrogens is 2. The number of nitrogens with zero attached hydrogens (tertiary/aromatic N) is 4. The normalized spacial score (nSPS) is 19.7. The van der Waals surface area contributed by atoms with Gasteiger partial charge in [0.1, 0.15) is 0 Å². The van der Waals surface area contributed by atoms with E-state index < -0.39 is 0 Å². The third kappa shape index (κ3) is 2.90. The smallest absolute Gasteiger partial charge is 0.226 e. The lowest BCUT2D eigenvalue weighted by Crippen LogP contribution is -2.43. The van der Waals surface area contributed by atoms with Crippen LogP contribution >= 0.6 is 11.6 Å². The predicted octanol–water partition coefficient (Wildman–Crippen LogP) is 1.43. The quantitative estimate of drug-likeness (QED) is 0.814. The molecule has 1 amide bonds. The second-order valence-corrected chi connectivity index (χ2v) is 5.16. The van der Waals surface area contributed by atoms with Gasteiger partial charge in [0, 0.05) is 27.2 Å². The summed E-state index contributed by atoms with van der Waals surface area (Å²) in [6, 6.07) is 0. The first-order valence-corrected chi connectivity index (χ1v) is 6.39. The molecule has 0 saturated carbocycles. The van der Waals surface area contributed by atoms with Gasteiger partial charge in [-0.2, -0.15) is 0 Å². The van der Waals surface area contributed by atoms with Crippen molar-refractivity contribution in [2.75, 3.05) is 32.1 Å². The highest BCUT2D eigenvalue weighted by Crippen LogP contribution is 2.21. The number of piperidine rings is 1. The lowest BCUT2D eigenvalue weighted by Gasteiger charge is -2.33. The van der Waals surface area contributed by atoms with Crippen molar-refractivity contribution in [3.05, 3.63) is 17.4 Å². The van der Waals surface area contributed by atoms with Crippen molar-refractivity contribution in [2.24, 2.45) is 5.92 Å². The van der Waals surface area contributed by atoms with E-state index in [0.717, 1.165) is 19.4 Å². The summed E-state index contributed by atoms with van der Waals surface area (Å²) >= 11 is 5.77. The van der Waals surface area contributed by atoms with Crippen molar-refractivity contribution >= 4 is 23.5 Å². The molecule has 98 valence electrons. The van der Waals surface area contributed by atoms with Gasteiger partial charge in [0.2, 0.25) is 11.9 Å². The number of hydrogen-bond donors (Lipinski definition) is 0. The highest BCUT2D eigenvalue weighted by Gasteiger charge is 2.27. The Kier molecular flexibility index (Phi) is 4.01. The third-order valence-electron chi connectivity index (χ3n) is 3.10. The number of hydrogen-bond acceptors (Lipinski definition) is 4.